The zero-order valence-electron chi connectivity index (χ0n) is 11.9. The normalized spacial score (nSPS) is 10.6. The fourth-order valence-electron chi connectivity index (χ4n) is 1.87. The highest BCUT2D eigenvalue weighted by Crippen LogP contribution is 2.17. The maximum Gasteiger partial charge on any atom is 0.241 e. The first-order valence-corrected chi connectivity index (χ1v) is 6.35. The first-order valence-electron chi connectivity index (χ1n) is 6.35. The van der Waals surface area contributed by atoms with Gasteiger partial charge in [0.1, 0.15) is 6.33 Å². The third-order valence-corrected chi connectivity index (χ3v) is 2.84. The first-order chi connectivity index (χ1) is 10.2. The smallest absolute Gasteiger partial charge is 0.241 e. The van der Waals surface area contributed by atoms with Gasteiger partial charge in [0.05, 0.1) is 11.4 Å². The molecule has 0 amide bonds. The zero-order valence-corrected chi connectivity index (χ0v) is 11.9. The summed E-state index contributed by atoms with van der Waals surface area (Å²) in [5.41, 5.74) is 1.72. The molecule has 0 saturated carbocycles. The number of anilines is 3. The van der Waals surface area contributed by atoms with Crippen LogP contribution < -0.4 is 10.6 Å². The fourth-order valence-corrected chi connectivity index (χ4v) is 1.87. The molecular formula is C12H15N9. The van der Waals surface area contributed by atoms with Gasteiger partial charge in [0, 0.05) is 32.7 Å². The minimum atomic E-state index is 0.439. The van der Waals surface area contributed by atoms with Crippen molar-refractivity contribution in [2.24, 2.45) is 7.05 Å². The summed E-state index contributed by atoms with van der Waals surface area (Å²) >= 11 is 0. The van der Waals surface area contributed by atoms with E-state index in [-0.39, 0.29) is 0 Å². The number of nitrogens with zero attached hydrogens (tertiary/aromatic N) is 7. The predicted octanol–water partition coefficient (Wildman–Crippen LogP) is 0.885. The number of aryl methyl sites for hydroxylation is 2. The lowest BCUT2D eigenvalue weighted by Gasteiger charge is -2.08. The van der Waals surface area contributed by atoms with Crippen LogP contribution >= 0.6 is 0 Å². The minimum absolute atomic E-state index is 0.439. The summed E-state index contributed by atoms with van der Waals surface area (Å²) in [7, 11) is 3.62. The van der Waals surface area contributed by atoms with Crippen LogP contribution in [0.1, 0.15) is 5.69 Å². The van der Waals surface area contributed by atoms with Crippen LogP contribution in [0.2, 0.25) is 0 Å². The second kappa shape index (κ2) is 5.19. The van der Waals surface area contributed by atoms with Crippen molar-refractivity contribution >= 4 is 17.6 Å². The van der Waals surface area contributed by atoms with Gasteiger partial charge >= 0.3 is 0 Å². The Hall–Kier alpha value is -2.97. The van der Waals surface area contributed by atoms with Crippen molar-refractivity contribution in [3.8, 4) is 5.95 Å². The standard InChI is InChI=1S/C12H15N9/c1-8-9(6-20(3)19-8)15-11-16-10(13-2)17-12(18-11)21-5-4-14-7-21/h4-7H,1-3H3,(H2,13,15,16,17,18). The number of hydrogen-bond acceptors (Lipinski definition) is 7. The average molecular weight is 285 g/mol. The van der Waals surface area contributed by atoms with E-state index in [1.54, 1.807) is 35.0 Å². The summed E-state index contributed by atoms with van der Waals surface area (Å²) in [6.07, 6.45) is 6.94. The van der Waals surface area contributed by atoms with Gasteiger partial charge in [0.25, 0.3) is 0 Å². The molecule has 3 aromatic rings. The number of nitrogens with one attached hydrogen (secondary N) is 2. The summed E-state index contributed by atoms with van der Waals surface area (Å²) in [5.74, 6) is 1.39. The van der Waals surface area contributed by atoms with E-state index in [1.807, 2.05) is 20.2 Å². The van der Waals surface area contributed by atoms with E-state index in [4.69, 9.17) is 0 Å². The van der Waals surface area contributed by atoms with E-state index in [1.165, 1.54) is 0 Å². The zero-order chi connectivity index (χ0) is 14.8. The molecule has 0 radical (unpaired) electrons. The topological polar surface area (TPSA) is 98.4 Å². The van der Waals surface area contributed by atoms with Gasteiger partial charge in [-0.1, -0.05) is 0 Å². The van der Waals surface area contributed by atoms with Gasteiger partial charge in [0.2, 0.25) is 17.8 Å². The molecule has 0 atom stereocenters. The molecule has 3 rings (SSSR count). The molecule has 0 unspecified atom stereocenters. The number of rotatable bonds is 4. The Labute approximate surface area is 121 Å². The van der Waals surface area contributed by atoms with Gasteiger partial charge < -0.3 is 10.6 Å². The first kappa shape index (κ1) is 13.0. The monoisotopic (exact) mass is 285 g/mol. The van der Waals surface area contributed by atoms with Gasteiger partial charge in [0.15, 0.2) is 0 Å². The van der Waals surface area contributed by atoms with Crippen LogP contribution in [0.4, 0.5) is 17.6 Å². The van der Waals surface area contributed by atoms with E-state index >= 15 is 0 Å². The van der Waals surface area contributed by atoms with Crippen molar-refractivity contribution in [3.63, 3.8) is 0 Å². The van der Waals surface area contributed by atoms with Crippen LogP contribution in [-0.4, -0.2) is 41.3 Å². The molecule has 0 aliphatic carbocycles. The van der Waals surface area contributed by atoms with E-state index < -0.39 is 0 Å². The lowest BCUT2D eigenvalue weighted by atomic mass is 10.4. The van der Waals surface area contributed by atoms with Gasteiger partial charge in [-0.15, -0.1) is 0 Å². The van der Waals surface area contributed by atoms with Gasteiger partial charge in [-0.25, -0.2) is 4.98 Å². The Morgan fingerprint density at radius 1 is 1.14 bits per heavy atom. The largest absolute Gasteiger partial charge is 0.357 e. The summed E-state index contributed by atoms with van der Waals surface area (Å²) in [6, 6.07) is 0. The maximum atomic E-state index is 4.38. The molecule has 0 aliphatic rings. The summed E-state index contributed by atoms with van der Waals surface area (Å²) < 4.78 is 3.44. The molecule has 0 spiro atoms. The van der Waals surface area contributed by atoms with Crippen LogP contribution in [0.25, 0.3) is 5.95 Å². The van der Waals surface area contributed by atoms with Crippen LogP contribution in [0.5, 0.6) is 0 Å². The summed E-state index contributed by atoms with van der Waals surface area (Å²) in [6.45, 7) is 1.92. The maximum absolute atomic E-state index is 4.38. The molecule has 9 nitrogen and oxygen atoms in total. The molecule has 0 aromatic carbocycles. The fraction of sp³-hybridized carbons (Fsp3) is 0.250. The SMILES string of the molecule is CNc1nc(Nc2cn(C)nc2C)nc(-n2ccnc2)n1. The van der Waals surface area contributed by atoms with Crippen molar-refractivity contribution in [2.75, 3.05) is 17.7 Å². The molecule has 0 fully saturated rings. The van der Waals surface area contributed by atoms with Crippen molar-refractivity contribution in [2.45, 2.75) is 6.92 Å². The molecule has 0 saturated heterocycles. The highest BCUT2D eigenvalue weighted by atomic mass is 15.3. The van der Waals surface area contributed by atoms with Gasteiger partial charge in [-0.05, 0) is 6.92 Å². The lowest BCUT2D eigenvalue weighted by Crippen LogP contribution is -2.08. The third-order valence-electron chi connectivity index (χ3n) is 2.84. The van der Waals surface area contributed by atoms with Crippen LogP contribution in [0.3, 0.4) is 0 Å². The van der Waals surface area contributed by atoms with Crippen molar-refractivity contribution in [1.29, 1.82) is 0 Å². The van der Waals surface area contributed by atoms with E-state index in [0.29, 0.717) is 17.8 Å². The van der Waals surface area contributed by atoms with Crippen LogP contribution in [0.15, 0.2) is 24.9 Å². The minimum Gasteiger partial charge on any atom is -0.357 e. The highest BCUT2D eigenvalue weighted by molar-refractivity contribution is 5.56. The Balaban J connectivity index is 1.98. The molecule has 0 bridgehead atoms. The van der Waals surface area contributed by atoms with Crippen molar-refractivity contribution < 1.29 is 0 Å². The second-order valence-electron chi connectivity index (χ2n) is 4.43. The molecule has 2 N–H and O–H groups in total. The molecular weight excluding hydrogens is 270 g/mol. The Morgan fingerprint density at radius 3 is 2.57 bits per heavy atom. The Morgan fingerprint density at radius 2 is 1.95 bits per heavy atom. The predicted molar refractivity (Wildman–Crippen MR) is 77.7 cm³/mol. The number of hydrogen-bond donors (Lipinski definition) is 2. The second-order valence-corrected chi connectivity index (χ2v) is 4.43. The molecule has 21 heavy (non-hydrogen) atoms. The van der Waals surface area contributed by atoms with Gasteiger partial charge in [-0.3, -0.25) is 9.25 Å². The molecule has 3 heterocycles. The number of imidazole rings is 1. The van der Waals surface area contributed by atoms with Gasteiger partial charge in [-0.2, -0.15) is 20.1 Å². The van der Waals surface area contributed by atoms with Crippen molar-refractivity contribution in [3.05, 3.63) is 30.6 Å². The molecule has 3 aromatic heterocycles. The van der Waals surface area contributed by atoms with E-state index in [2.05, 4.69) is 35.7 Å². The Kier molecular flexibility index (Phi) is 3.22. The van der Waals surface area contributed by atoms with Crippen LogP contribution in [0, 0.1) is 6.92 Å². The Bertz CT molecular complexity index is 744. The van der Waals surface area contributed by atoms with Crippen molar-refractivity contribution in [1.82, 2.24) is 34.3 Å². The quantitative estimate of drug-likeness (QED) is 0.734. The third kappa shape index (κ3) is 2.66. The molecule has 9 heteroatoms. The summed E-state index contributed by atoms with van der Waals surface area (Å²) in [4.78, 5) is 17.0. The lowest BCUT2D eigenvalue weighted by molar-refractivity contribution is 0.756. The molecule has 0 aliphatic heterocycles. The molecule has 108 valence electrons. The van der Waals surface area contributed by atoms with Crippen LogP contribution in [-0.2, 0) is 7.05 Å². The average Bonchev–Trinajstić information content (AvgIpc) is 3.09. The number of aromatic nitrogens is 7. The van der Waals surface area contributed by atoms with E-state index in [0.717, 1.165) is 11.4 Å². The van der Waals surface area contributed by atoms with E-state index in [9.17, 15) is 0 Å². The summed E-state index contributed by atoms with van der Waals surface area (Å²) in [5, 5.41) is 10.3. The highest BCUT2D eigenvalue weighted by Gasteiger charge is 2.10.